The average Bonchev–Trinajstić information content (AvgIpc) is 2.84. The number of nitrogens with zero attached hydrogens (tertiary/aromatic N) is 3. The minimum Gasteiger partial charge on any atom is -0.480 e. The van der Waals surface area contributed by atoms with E-state index in [1.165, 1.54) is 17.7 Å². The third-order valence-electron chi connectivity index (χ3n) is 3.45. The maximum Gasteiger partial charge on any atom is 0.323 e. The van der Waals surface area contributed by atoms with Crippen LogP contribution in [0.15, 0.2) is 0 Å². The lowest BCUT2D eigenvalue weighted by Gasteiger charge is -2.30. The smallest absolute Gasteiger partial charge is 0.323 e. The SMILES string of the molecule is CC(C)N(CC(=O)O)C(=O)N(C)CCN1CCCC1. The molecule has 1 heterocycles. The van der Waals surface area contributed by atoms with E-state index in [4.69, 9.17) is 5.11 Å². The minimum atomic E-state index is -0.977. The number of likely N-dealkylation sites (N-methyl/N-ethyl adjacent to an activating group) is 1. The Balaban J connectivity index is 2.45. The van der Waals surface area contributed by atoms with E-state index in [2.05, 4.69) is 4.90 Å². The number of hydrogen-bond acceptors (Lipinski definition) is 3. The molecule has 1 aliphatic heterocycles. The van der Waals surface area contributed by atoms with E-state index in [0.717, 1.165) is 19.6 Å². The number of carbonyl (C=O) groups excluding carboxylic acids is 1. The van der Waals surface area contributed by atoms with Crippen molar-refractivity contribution in [2.45, 2.75) is 32.7 Å². The van der Waals surface area contributed by atoms with Crippen molar-refractivity contribution in [1.82, 2.24) is 14.7 Å². The molecule has 0 radical (unpaired) electrons. The molecule has 19 heavy (non-hydrogen) atoms. The van der Waals surface area contributed by atoms with Crippen molar-refractivity contribution < 1.29 is 14.7 Å². The number of hydrogen-bond donors (Lipinski definition) is 1. The molecule has 1 rings (SSSR count). The maximum absolute atomic E-state index is 12.2. The predicted octanol–water partition coefficient (Wildman–Crippen LogP) is 0.929. The van der Waals surface area contributed by atoms with Crippen molar-refractivity contribution in [1.29, 1.82) is 0 Å². The fraction of sp³-hybridized carbons (Fsp3) is 0.846. The van der Waals surface area contributed by atoms with E-state index < -0.39 is 5.97 Å². The second-order valence-electron chi connectivity index (χ2n) is 5.37. The zero-order valence-corrected chi connectivity index (χ0v) is 12.1. The van der Waals surface area contributed by atoms with Gasteiger partial charge in [0.1, 0.15) is 6.54 Å². The molecule has 0 unspecified atom stereocenters. The first-order chi connectivity index (χ1) is 8.91. The van der Waals surface area contributed by atoms with Crippen LogP contribution in [0.4, 0.5) is 4.79 Å². The molecule has 0 aromatic heterocycles. The second-order valence-corrected chi connectivity index (χ2v) is 5.37. The molecule has 0 bridgehead atoms. The molecule has 1 aliphatic rings. The van der Waals surface area contributed by atoms with Gasteiger partial charge in [-0.2, -0.15) is 0 Å². The Labute approximate surface area is 115 Å². The van der Waals surface area contributed by atoms with E-state index in [0.29, 0.717) is 6.54 Å². The summed E-state index contributed by atoms with van der Waals surface area (Å²) >= 11 is 0. The average molecular weight is 271 g/mol. The largest absolute Gasteiger partial charge is 0.480 e. The number of carboxylic acid groups (broad SMARTS) is 1. The number of likely N-dealkylation sites (tertiary alicyclic amines) is 1. The zero-order chi connectivity index (χ0) is 14.4. The summed E-state index contributed by atoms with van der Waals surface area (Å²) in [6.07, 6.45) is 2.46. The van der Waals surface area contributed by atoms with Gasteiger partial charge in [-0.25, -0.2) is 4.79 Å². The number of urea groups is 1. The van der Waals surface area contributed by atoms with Gasteiger partial charge >= 0.3 is 12.0 Å². The second kappa shape index (κ2) is 7.33. The van der Waals surface area contributed by atoms with Gasteiger partial charge < -0.3 is 19.8 Å². The van der Waals surface area contributed by atoms with Crippen LogP contribution in [-0.2, 0) is 4.79 Å². The Morgan fingerprint density at radius 1 is 1.26 bits per heavy atom. The summed E-state index contributed by atoms with van der Waals surface area (Å²) < 4.78 is 0. The van der Waals surface area contributed by atoms with Gasteiger partial charge in [-0.1, -0.05) is 0 Å². The van der Waals surface area contributed by atoms with Crippen LogP contribution in [0.2, 0.25) is 0 Å². The van der Waals surface area contributed by atoms with Gasteiger partial charge in [0.05, 0.1) is 0 Å². The topological polar surface area (TPSA) is 64.1 Å². The van der Waals surface area contributed by atoms with E-state index in [1.807, 2.05) is 13.8 Å². The van der Waals surface area contributed by atoms with Crippen LogP contribution < -0.4 is 0 Å². The summed E-state index contributed by atoms with van der Waals surface area (Å²) in [6, 6.07) is -0.325. The molecule has 2 amide bonds. The molecule has 1 N–H and O–H groups in total. The Hall–Kier alpha value is -1.30. The van der Waals surface area contributed by atoms with Crippen molar-refractivity contribution in [2.24, 2.45) is 0 Å². The predicted molar refractivity (Wildman–Crippen MR) is 73.2 cm³/mol. The van der Waals surface area contributed by atoms with Crippen molar-refractivity contribution in [3.63, 3.8) is 0 Å². The lowest BCUT2D eigenvalue weighted by atomic mass is 10.3. The standard InChI is InChI=1S/C13H25N3O3/c1-11(2)16(10-12(17)18)13(19)14(3)8-9-15-6-4-5-7-15/h11H,4-10H2,1-3H3,(H,17,18). The third kappa shape index (κ3) is 5.06. The maximum atomic E-state index is 12.2. The summed E-state index contributed by atoms with van der Waals surface area (Å²) in [5.74, 6) is -0.977. The molecule has 6 nitrogen and oxygen atoms in total. The molecule has 0 saturated carbocycles. The Kier molecular flexibility index (Phi) is 6.08. The monoisotopic (exact) mass is 271 g/mol. The lowest BCUT2D eigenvalue weighted by molar-refractivity contribution is -0.138. The van der Waals surface area contributed by atoms with Gasteiger partial charge in [0, 0.05) is 26.2 Å². The van der Waals surface area contributed by atoms with Crippen molar-refractivity contribution in [3.05, 3.63) is 0 Å². The van der Waals surface area contributed by atoms with Gasteiger partial charge in [-0.15, -0.1) is 0 Å². The fourth-order valence-electron chi connectivity index (χ4n) is 2.23. The van der Waals surface area contributed by atoms with Gasteiger partial charge in [-0.3, -0.25) is 4.79 Å². The molecule has 0 atom stereocenters. The van der Waals surface area contributed by atoms with E-state index >= 15 is 0 Å². The molecular weight excluding hydrogens is 246 g/mol. The highest BCUT2D eigenvalue weighted by Gasteiger charge is 2.23. The van der Waals surface area contributed by atoms with Crippen LogP contribution in [0.3, 0.4) is 0 Å². The fourth-order valence-corrected chi connectivity index (χ4v) is 2.23. The quantitative estimate of drug-likeness (QED) is 0.780. The molecule has 0 aliphatic carbocycles. The lowest BCUT2D eigenvalue weighted by Crippen LogP contribution is -2.48. The number of amides is 2. The molecular formula is C13H25N3O3. The van der Waals surface area contributed by atoms with Gasteiger partial charge in [0.15, 0.2) is 0 Å². The van der Waals surface area contributed by atoms with Gasteiger partial charge in [-0.05, 0) is 39.8 Å². The van der Waals surface area contributed by atoms with Crippen LogP contribution in [0.25, 0.3) is 0 Å². The number of carbonyl (C=O) groups is 2. The van der Waals surface area contributed by atoms with E-state index in [1.54, 1.807) is 11.9 Å². The van der Waals surface area contributed by atoms with Gasteiger partial charge in [0.2, 0.25) is 0 Å². The normalized spacial score (nSPS) is 15.8. The highest BCUT2D eigenvalue weighted by atomic mass is 16.4. The van der Waals surface area contributed by atoms with Crippen molar-refractivity contribution in [3.8, 4) is 0 Å². The van der Waals surface area contributed by atoms with Crippen LogP contribution in [0.1, 0.15) is 26.7 Å². The summed E-state index contributed by atoms with van der Waals surface area (Å²) in [5, 5.41) is 8.85. The zero-order valence-electron chi connectivity index (χ0n) is 12.1. The van der Waals surface area contributed by atoms with E-state index in [9.17, 15) is 9.59 Å². The molecule has 0 aromatic carbocycles. The molecule has 6 heteroatoms. The molecule has 1 saturated heterocycles. The first-order valence-corrected chi connectivity index (χ1v) is 6.87. The van der Waals surface area contributed by atoms with Crippen molar-refractivity contribution in [2.75, 3.05) is 39.8 Å². The van der Waals surface area contributed by atoms with Crippen LogP contribution in [-0.4, -0.2) is 77.6 Å². The Bertz CT molecular complexity index is 314. The molecule has 110 valence electrons. The van der Waals surface area contributed by atoms with Crippen LogP contribution in [0.5, 0.6) is 0 Å². The summed E-state index contributed by atoms with van der Waals surface area (Å²) in [7, 11) is 1.73. The first-order valence-electron chi connectivity index (χ1n) is 6.87. The molecule has 0 aromatic rings. The summed E-state index contributed by atoms with van der Waals surface area (Å²) in [6.45, 7) is 7.12. The summed E-state index contributed by atoms with van der Waals surface area (Å²) in [5.41, 5.74) is 0. The van der Waals surface area contributed by atoms with E-state index in [-0.39, 0.29) is 18.6 Å². The summed E-state index contributed by atoms with van der Waals surface area (Å²) in [4.78, 5) is 28.3. The highest BCUT2D eigenvalue weighted by molar-refractivity contribution is 5.80. The highest BCUT2D eigenvalue weighted by Crippen LogP contribution is 2.08. The Morgan fingerprint density at radius 3 is 2.32 bits per heavy atom. The molecule has 1 fully saturated rings. The third-order valence-corrected chi connectivity index (χ3v) is 3.45. The number of aliphatic carboxylic acids is 1. The first kappa shape index (κ1) is 15.8. The number of rotatable bonds is 6. The van der Waals surface area contributed by atoms with Crippen LogP contribution >= 0.6 is 0 Å². The Morgan fingerprint density at radius 2 is 1.84 bits per heavy atom. The van der Waals surface area contributed by atoms with Crippen LogP contribution in [0, 0.1) is 0 Å². The van der Waals surface area contributed by atoms with Gasteiger partial charge in [0.25, 0.3) is 0 Å². The van der Waals surface area contributed by atoms with Crippen molar-refractivity contribution >= 4 is 12.0 Å². The minimum absolute atomic E-state index is 0.113. The molecule has 0 spiro atoms. The number of carboxylic acids is 1.